The van der Waals surface area contributed by atoms with Gasteiger partial charge in [0.05, 0.1) is 14.2 Å². The number of aromatic nitrogens is 2. The van der Waals surface area contributed by atoms with Crippen molar-refractivity contribution in [2.24, 2.45) is 0 Å². The minimum atomic E-state index is -0.0406. The summed E-state index contributed by atoms with van der Waals surface area (Å²) in [4.78, 5) is 16.7. The largest absolute Gasteiger partial charge is 0.493 e. The number of carbonyl (C=O) groups is 1. The molecule has 3 aromatic rings. The molecule has 1 saturated heterocycles. The standard InChI is InChI=1S/C21H22N4O4/c1-27-17-9-8-16(14-18(17)28-2)20(26)24-10-12-25(13-11-24)21-23-22-19(29-21)15-6-4-3-5-7-15/h3-9,14H,10-13H2,1-2H3. The number of nitrogens with zero attached hydrogens (tertiary/aromatic N) is 4. The molecule has 1 aliphatic heterocycles. The number of benzene rings is 2. The van der Waals surface area contributed by atoms with Crippen molar-refractivity contribution in [1.82, 2.24) is 15.1 Å². The summed E-state index contributed by atoms with van der Waals surface area (Å²) in [6.45, 7) is 2.37. The summed E-state index contributed by atoms with van der Waals surface area (Å²) in [5.41, 5.74) is 1.45. The lowest BCUT2D eigenvalue weighted by Gasteiger charge is -2.33. The van der Waals surface area contributed by atoms with E-state index in [1.165, 1.54) is 0 Å². The number of carbonyl (C=O) groups excluding carboxylic acids is 1. The molecule has 0 saturated carbocycles. The Balaban J connectivity index is 1.41. The van der Waals surface area contributed by atoms with Crippen LogP contribution >= 0.6 is 0 Å². The fourth-order valence-electron chi connectivity index (χ4n) is 3.29. The molecule has 1 fully saturated rings. The van der Waals surface area contributed by atoms with Gasteiger partial charge in [0.2, 0.25) is 5.89 Å². The summed E-state index contributed by atoms with van der Waals surface area (Å²) >= 11 is 0. The van der Waals surface area contributed by atoms with Gasteiger partial charge in [-0.3, -0.25) is 4.79 Å². The van der Waals surface area contributed by atoms with Gasteiger partial charge in [0, 0.05) is 37.3 Å². The second kappa shape index (κ2) is 8.22. The van der Waals surface area contributed by atoms with Crippen molar-refractivity contribution in [3.05, 3.63) is 54.1 Å². The lowest BCUT2D eigenvalue weighted by molar-refractivity contribution is 0.0744. The second-order valence-corrected chi connectivity index (χ2v) is 6.60. The highest BCUT2D eigenvalue weighted by Gasteiger charge is 2.25. The summed E-state index contributed by atoms with van der Waals surface area (Å²) in [6.07, 6.45) is 0. The van der Waals surface area contributed by atoms with E-state index in [0.717, 1.165) is 5.56 Å². The van der Waals surface area contributed by atoms with Gasteiger partial charge in [0.15, 0.2) is 11.5 Å². The average molecular weight is 394 g/mol. The Kier molecular flexibility index (Phi) is 5.33. The SMILES string of the molecule is COc1ccc(C(=O)N2CCN(c3nnc(-c4ccccc4)o3)CC2)cc1OC. The third-order valence-corrected chi connectivity index (χ3v) is 4.90. The minimum Gasteiger partial charge on any atom is -0.493 e. The first-order chi connectivity index (χ1) is 14.2. The van der Waals surface area contributed by atoms with Crippen LogP contribution < -0.4 is 14.4 Å². The molecule has 0 aliphatic carbocycles. The molecule has 0 atom stereocenters. The number of ether oxygens (including phenoxy) is 2. The molecule has 2 aromatic carbocycles. The van der Waals surface area contributed by atoms with Gasteiger partial charge in [0.25, 0.3) is 5.91 Å². The zero-order valence-corrected chi connectivity index (χ0v) is 16.4. The molecule has 1 amide bonds. The van der Waals surface area contributed by atoms with E-state index in [-0.39, 0.29) is 5.91 Å². The molecular weight excluding hydrogens is 372 g/mol. The predicted molar refractivity (Wildman–Crippen MR) is 107 cm³/mol. The van der Waals surface area contributed by atoms with Crippen LogP contribution in [0.15, 0.2) is 52.9 Å². The fraction of sp³-hybridized carbons (Fsp3) is 0.286. The quantitative estimate of drug-likeness (QED) is 0.658. The molecule has 0 unspecified atom stereocenters. The van der Waals surface area contributed by atoms with Crippen LogP contribution in [-0.4, -0.2) is 61.4 Å². The van der Waals surface area contributed by atoms with E-state index in [9.17, 15) is 4.79 Å². The molecule has 1 aliphatic rings. The highest BCUT2D eigenvalue weighted by atomic mass is 16.5. The molecular formula is C21H22N4O4. The van der Waals surface area contributed by atoms with Crippen molar-refractivity contribution < 1.29 is 18.7 Å². The van der Waals surface area contributed by atoms with Crippen LogP contribution in [0.25, 0.3) is 11.5 Å². The van der Waals surface area contributed by atoms with Crippen molar-refractivity contribution in [2.45, 2.75) is 0 Å². The zero-order valence-electron chi connectivity index (χ0n) is 16.4. The van der Waals surface area contributed by atoms with Crippen molar-refractivity contribution in [2.75, 3.05) is 45.3 Å². The van der Waals surface area contributed by atoms with Crippen LogP contribution in [0.4, 0.5) is 6.01 Å². The third-order valence-electron chi connectivity index (χ3n) is 4.90. The van der Waals surface area contributed by atoms with Gasteiger partial charge in [-0.1, -0.05) is 23.3 Å². The van der Waals surface area contributed by atoms with Gasteiger partial charge in [-0.05, 0) is 30.3 Å². The second-order valence-electron chi connectivity index (χ2n) is 6.60. The average Bonchev–Trinajstić information content (AvgIpc) is 3.29. The van der Waals surface area contributed by atoms with E-state index in [4.69, 9.17) is 13.9 Å². The fourth-order valence-corrected chi connectivity index (χ4v) is 3.29. The van der Waals surface area contributed by atoms with E-state index in [2.05, 4.69) is 10.2 Å². The Morgan fingerprint density at radius 3 is 2.34 bits per heavy atom. The molecule has 0 N–H and O–H groups in total. The summed E-state index contributed by atoms with van der Waals surface area (Å²) < 4.78 is 16.3. The summed E-state index contributed by atoms with van der Waals surface area (Å²) in [5, 5.41) is 8.30. The van der Waals surface area contributed by atoms with Crippen LogP contribution in [0.1, 0.15) is 10.4 Å². The minimum absolute atomic E-state index is 0.0406. The Morgan fingerprint density at radius 1 is 0.931 bits per heavy atom. The number of piperazine rings is 1. The molecule has 4 rings (SSSR count). The normalized spacial score (nSPS) is 14.0. The van der Waals surface area contributed by atoms with Crippen molar-refractivity contribution in [3.8, 4) is 23.0 Å². The molecule has 29 heavy (non-hydrogen) atoms. The van der Waals surface area contributed by atoms with Crippen LogP contribution in [0.5, 0.6) is 11.5 Å². The van der Waals surface area contributed by atoms with Crippen LogP contribution in [0.3, 0.4) is 0 Å². The van der Waals surface area contributed by atoms with Crippen molar-refractivity contribution >= 4 is 11.9 Å². The molecule has 0 radical (unpaired) electrons. The van der Waals surface area contributed by atoms with Gasteiger partial charge >= 0.3 is 6.01 Å². The maximum atomic E-state index is 12.9. The summed E-state index contributed by atoms with van der Waals surface area (Å²) in [6, 6.07) is 15.3. The lowest BCUT2D eigenvalue weighted by Crippen LogP contribution is -2.48. The highest BCUT2D eigenvalue weighted by molar-refractivity contribution is 5.95. The lowest BCUT2D eigenvalue weighted by atomic mass is 10.1. The first-order valence-electron chi connectivity index (χ1n) is 9.35. The van der Waals surface area contributed by atoms with E-state index in [0.29, 0.717) is 55.1 Å². The van der Waals surface area contributed by atoms with Gasteiger partial charge in [-0.2, -0.15) is 0 Å². The number of hydrogen-bond acceptors (Lipinski definition) is 7. The van der Waals surface area contributed by atoms with Gasteiger partial charge in [-0.15, -0.1) is 5.10 Å². The van der Waals surface area contributed by atoms with Gasteiger partial charge in [0.1, 0.15) is 0 Å². The number of amides is 1. The molecule has 8 nitrogen and oxygen atoms in total. The van der Waals surface area contributed by atoms with E-state index < -0.39 is 0 Å². The smallest absolute Gasteiger partial charge is 0.318 e. The number of hydrogen-bond donors (Lipinski definition) is 0. The molecule has 0 spiro atoms. The molecule has 1 aromatic heterocycles. The molecule has 8 heteroatoms. The van der Waals surface area contributed by atoms with Gasteiger partial charge in [-0.25, -0.2) is 0 Å². The predicted octanol–water partition coefficient (Wildman–Crippen LogP) is 2.72. The third kappa shape index (κ3) is 3.87. The van der Waals surface area contributed by atoms with Crippen LogP contribution in [-0.2, 0) is 0 Å². The maximum absolute atomic E-state index is 12.9. The van der Waals surface area contributed by atoms with Crippen LogP contribution in [0.2, 0.25) is 0 Å². The number of anilines is 1. The van der Waals surface area contributed by atoms with E-state index >= 15 is 0 Å². The monoisotopic (exact) mass is 394 g/mol. The number of rotatable bonds is 5. The Bertz CT molecular complexity index is 981. The van der Waals surface area contributed by atoms with Gasteiger partial charge < -0.3 is 23.7 Å². The zero-order chi connectivity index (χ0) is 20.2. The molecule has 150 valence electrons. The summed E-state index contributed by atoms with van der Waals surface area (Å²) in [5.74, 6) is 1.58. The summed E-state index contributed by atoms with van der Waals surface area (Å²) in [7, 11) is 3.12. The van der Waals surface area contributed by atoms with Crippen molar-refractivity contribution in [3.63, 3.8) is 0 Å². The Hall–Kier alpha value is -3.55. The topological polar surface area (TPSA) is 80.9 Å². The Morgan fingerprint density at radius 2 is 1.66 bits per heavy atom. The van der Waals surface area contributed by atoms with E-state index in [1.807, 2.05) is 40.1 Å². The molecule has 2 heterocycles. The van der Waals surface area contributed by atoms with E-state index in [1.54, 1.807) is 32.4 Å². The van der Waals surface area contributed by atoms with Crippen LogP contribution in [0, 0.1) is 0 Å². The number of methoxy groups -OCH3 is 2. The van der Waals surface area contributed by atoms with Crippen molar-refractivity contribution in [1.29, 1.82) is 0 Å². The first kappa shape index (κ1) is 18.8. The highest BCUT2D eigenvalue weighted by Crippen LogP contribution is 2.28. The maximum Gasteiger partial charge on any atom is 0.318 e. The molecule has 0 bridgehead atoms. The Labute approximate surface area is 168 Å². The first-order valence-corrected chi connectivity index (χ1v) is 9.35.